The molecule has 1 aromatic carbocycles. The highest BCUT2D eigenvalue weighted by Gasteiger charge is 2.42. The van der Waals surface area contributed by atoms with E-state index in [1.54, 1.807) is 27.7 Å². The zero-order valence-corrected chi connectivity index (χ0v) is 17.7. The van der Waals surface area contributed by atoms with Crippen LogP contribution in [0.5, 0.6) is 0 Å². The summed E-state index contributed by atoms with van der Waals surface area (Å²) in [6.07, 6.45) is 4.41. The number of nitro benzene ring substituents is 1. The number of halogens is 1. The van der Waals surface area contributed by atoms with Crippen molar-refractivity contribution in [1.29, 1.82) is 5.26 Å². The highest BCUT2D eigenvalue weighted by molar-refractivity contribution is 7.90. The van der Waals surface area contributed by atoms with Crippen molar-refractivity contribution in [3.05, 3.63) is 39.7 Å². The van der Waals surface area contributed by atoms with Crippen molar-refractivity contribution in [3.63, 3.8) is 0 Å². The Kier molecular flexibility index (Phi) is 6.74. The lowest BCUT2D eigenvalue weighted by Crippen LogP contribution is -2.50. The number of nitrogens with one attached hydrogen (secondary N) is 1. The normalized spacial score (nSPS) is 19.6. The van der Waals surface area contributed by atoms with E-state index >= 15 is 0 Å². The molecule has 0 radical (unpaired) electrons. The molecule has 8 heteroatoms. The molecular weight excluding hydrogens is 381 g/mol. The number of benzene rings is 1. The SMILES string of the molecule is CC(C)(C)[S+]([O-])N[C@@](C)(CCC1(C#N)CCCC1)c1cc([N+](=O)[O-])ccc1F. The summed E-state index contributed by atoms with van der Waals surface area (Å²) in [6, 6.07) is 5.82. The molecule has 2 rings (SSSR count). The maximum atomic E-state index is 14.7. The van der Waals surface area contributed by atoms with Gasteiger partial charge in [-0.1, -0.05) is 12.8 Å². The number of hydrogen-bond donors (Lipinski definition) is 1. The van der Waals surface area contributed by atoms with Crippen molar-refractivity contribution in [2.45, 2.75) is 76.5 Å². The molecule has 154 valence electrons. The van der Waals surface area contributed by atoms with Crippen LogP contribution in [0.15, 0.2) is 18.2 Å². The van der Waals surface area contributed by atoms with Crippen molar-refractivity contribution in [2.24, 2.45) is 5.41 Å². The Balaban J connectivity index is 2.43. The van der Waals surface area contributed by atoms with Crippen LogP contribution in [0.1, 0.15) is 71.8 Å². The van der Waals surface area contributed by atoms with Crippen LogP contribution in [0.3, 0.4) is 0 Å². The number of non-ortho nitro benzene ring substituents is 1. The minimum Gasteiger partial charge on any atom is -0.598 e. The maximum Gasteiger partial charge on any atom is 0.269 e. The van der Waals surface area contributed by atoms with E-state index in [2.05, 4.69) is 10.8 Å². The highest BCUT2D eigenvalue weighted by Crippen LogP contribution is 2.44. The molecule has 0 saturated heterocycles. The summed E-state index contributed by atoms with van der Waals surface area (Å²) in [5.74, 6) is -0.594. The van der Waals surface area contributed by atoms with Gasteiger partial charge in [0.25, 0.3) is 5.69 Å². The molecule has 1 N–H and O–H groups in total. The molecule has 0 spiro atoms. The molecule has 0 bridgehead atoms. The number of nitriles is 1. The Bertz CT molecular complexity index is 769. The second kappa shape index (κ2) is 8.36. The third-order valence-electron chi connectivity index (χ3n) is 5.53. The highest BCUT2D eigenvalue weighted by atomic mass is 32.2. The molecule has 1 aliphatic rings. The molecular formula is C20H28FN3O3S. The van der Waals surface area contributed by atoms with Crippen molar-refractivity contribution in [1.82, 2.24) is 4.72 Å². The average Bonchev–Trinajstić information content (AvgIpc) is 3.09. The van der Waals surface area contributed by atoms with Crippen LogP contribution < -0.4 is 4.72 Å². The van der Waals surface area contributed by atoms with Gasteiger partial charge in [0.1, 0.15) is 10.6 Å². The van der Waals surface area contributed by atoms with Crippen molar-refractivity contribution < 1.29 is 13.9 Å². The molecule has 0 aliphatic heterocycles. The molecule has 0 heterocycles. The molecule has 0 amide bonds. The fourth-order valence-electron chi connectivity index (χ4n) is 3.61. The lowest BCUT2D eigenvalue weighted by atomic mass is 9.77. The summed E-state index contributed by atoms with van der Waals surface area (Å²) >= 11 is -1.52. The average molecular weight is 410 g/mol. The molecule has 1 saturated carbocycles. The number of nitro groups is 1. The van der Waals surface area contributed by atoms with Gasteiger partial charge in [0.05, 0.1) is 21.9 Å². The number of hydrogen-bond acceptors (Lipinski definition) is 5. The van der Waals surface area contributed by atoms with Crippen LogP contribution in [0, 0.1) is 32.7 Å². The van der Waals surface area contributed by atoms with E-state index in [0.717, 1.165) is 37.8 Å². The first-order chi connectivity index (χ1) is 12.9. The second-order valence-corrected chi connectivity index (χ2v) is 10.8. The van der Waals surface area contributed by atoms with Gasteiger partial charge in [0.2, 0.25) is 0 Å². The molecule has 6 nitrogen and oxygen atoms in total. The molecule has 28 heavy (non-hydrogen) atoms. The van der Waals surface area contributed by atoms with E-state index in [4.69, 9.17) is 0 Å². The van der Waals surface area contributed by atoms with Gasteiger partial charge in [-0.2, -0.15) is 5.26 Å². The Morgan fingerprint density at radius 2 is 1.93 bits per heavy atom. The monoisotopic (exact) mass is 409 g/mol. The van der Waals surface area contributed by atoms with Gasteiger partial charge in [-0.05, 0) is 59.4 Å². The van der Waals surface area contributed by atoms with Crippen LogP contribution in [-0.2, 0) is 16.9 Å². The van der Waals surface area contributed by atoms with Crippen molar-refractivity contribution >= 4 is 17.0 Å². The lowest BCUT2D eigenvalue weighted by molar-refractivity contribution is -0.385. The Morgan fingerprint density at radius 3 is 2.43 bits per heavy atom. The van der Waals surface area contributed by atoms with Crippen LogP contribution >= 0.6 is 0 Å². The minimum atomic E-state index is -1.52. The van der Waals surface area contributed by atoms with Crippen molar-refractivity contribution in [3.8, 4) is 6.07 Å². The fourth-order valence-corrected chi connectivity index (χ4v) is 4.53. The summed E-state index contributed by atoms with van der Waals surface area (Å²) in [5.41, 5.74) is -1.70. The summed E-state index contributed by atoms with van der Waals surface area (Å²) in [4.78, 5) is 10.6. The third-order valence-corrected chi connectivity index (χ3v) is 7.28. The Labute approximate surface area is 169 Å². The fraction of sp³-hybridized carbons (Fsp3) is 0.650. The quantitative estimate of drug-likeness (QED) is 0.393. The van der Waals surface area contributed by atoms with E-state index in [0.29, 0.717) is 12.8 Å². The minimum absolute atomic E-state index is 0.102. The van der Waals surface area contributed by atoms with E-state index in [1.807, 2.05) is 0 Å². The Morgan fingerprint density at radius 1 is 1.32 bits per heavy atom. The van der Waals surface area contributed by atoms with Gasteiger partial charge < -0.3 is 4.55 Å². The smallest absolute Gasteiger partial charge is 0.269 e. The first kappa shape index (κ1) is 22.6. The third kappa shape index (κ3) is 5.02. The van der Waals surface area contributed by atoms with E-state index < -0.39 is 37.8 Å². The Hall–Kier alpha value is -1.69. The maximum absolute atomic E-state index is 14.7. The van der Waals surface area contributed by atoms with Gasteiger partial charge in [-0.25, -0.2) is 4.39 Å². The number of rotatable bonds is 7. The van der Waals surface area contributed by atoms with E-state index in [9.17, 15) is 24.3 Å². The van der Waals surface area contributed by atoms with Crippen LogP contribution in [0.4, 0.5) is 10.1 Å². The van der Waals surface area contributed by atoms with Gasteiger partial charge in [-0.3, -0.25) is 10.1 Å². The number of nitrogens with zero attached hydrogens (tertiary/aromatic N) is 2. The molecule has 1 aromatic rings. The van der Waals surface area contributed by atoms with Gasteiger partial charge >= 0.3 is 0 Å². The summed E-state index contributed by atoms with van der Waals surface area (Å²) in [7, 11) is 0. The van der Waals surface area contributed by atoms with Gasteiger partial charge in [0, 0.05) is 29.1 Å². The first-order valence-corrected chi connectivity index (χ1v) is 10.6. The van der Waals surface area contributed by atoms with Crippen LogP contribution in [-0.4, -0.2) is 14.2 Å². The predicted molar refractivity (Wildman–Crippen MR) is 107 cm³/mol. The molecule has 2 atom stereocenters. The lowest BCUT2D eigenvalue weighted by Gasteiger charge is -2.37. The summed E-state index contributed by atoms with van der Waals surface area (Å²) in [5, 5.41) is 20.9. The van der Waals surface area contributed by atoms with Crippen molar-refractivity contribution in [2.75, 3.05) is 0 Å². The molecule has 1 aliphatic carbocycles. The predicted octanol–water partition coefficient (Wildman–Crippen LogP) is 4.87. The van der Waals surface area contributed by atoms with E-state index in [-0.39, 0.29) is 11.3 Å². The van der Waals surface area contributed by atoms with E-state index in [1.165, 1.54) is 6.07 Å². The largest absolute Gasteiger partial charge is 0.598 e. The first-order valence-electron chi connectivity index (χ1n) is 9.48. The summed E-state index contributed by atoms with van der Waals surface area (Å²) < 4.78 is 30.0. The molecule has 1 unspecified atom stereocenters. The zero-order valence-electron chi connectivity index (χ0n) is 16.9. The van der Waals surface area contributed by atoms with Crippen LogP contribution in [0.25, 0.3) is 0 Å². The zero-order chi connectivity index (χ0) is 21.2. The van der Waals surface area contributed by atoms with Crippen LogP contribution in [0.2, 0.25) is 0 Å². The topological polar surface area (TPSA) is 102 Å². The molecule has 0 aromatic heterocycles. The molecule has 1 fully saturated rings. The standard InChI is InChI=1S/C20H28FN3O3S/c1-18(2,3)28(27)23-19(4,11-12-20(14-22)9-5-6-10-20)16-13-15(24(25)26)7-8-17(16)21/h7-8,13,23H,5-6,9-12H2,1-4H3/t19-,28?/m0/s1. The summed E-state index contributed by atoms with van der Waals surface area (Å²) in [6.45, 7) is 7.11. The van der Waals surface area contributed by atoms with Gasteiger partial charge in [-0.15, -0.1) is 4.72 Å². The second-order valence-electron chi connectivity index (χ2n) is 8.84. The van der Waals surface area contributed by atoms with Gasteiger partial charge in [0.15, 0.2) is 0 Å².